The molecule has 0 aromatic heterocycles. The second-order valence-electron chi connectivity index (χ2n) is 7.45. The van der Waals surface area contributed by atoms with Crippen molar-refractivity contribution in [3.05, 3.63) is 59.7 Å². The van der Waals surface area contributed by atoms with Gasteiger partial charge in [0.2, 0.25) is 10.0 Å². The molecule has 2 aromatic rings. The van der Waals surface area contributed by atoms with Crippen LogP contribution in [0.4, 0.5) is 5.69 Å². The molecule has 1 fully saturated rings. The van der Waals surface area contributed by atoms with Gasteiger partial charge in [0.1, 0.15) is 0 Å². The predicted molar refractivity (Wildman–Crippen MR) is 106 cm³/mol. The van der Waals surface area contributed by atoms with Gasteiger partial charge in [0.15, 0.2) is 0 Å². The number of amides is 2. The van der Waals surface area contributed by atoms with Crippen molar-refractivity contribution in [2.24, 2.45) is 0 Å². The Balaban J connectivity index is 1.65. The number of rotatable bonds is 3. The first-order valence-electron chi connectivity index (χ1n) is 9.44. The number of carbonyl (C=O) groups excluding carboxylic acids is 2. The van der Waals surface area contributed by atoms with Crippen LogP contribution in [0.1, 0.15) is 53.8 Å². The Bertz CT molecular complexity index is 1000. The number of piperidine rings is 1. The molecule has 0 aliphatic carbocycles. The van der Waals surface area contributed by atoms with Gasteiger partial charge < -0.3 is 0 Å². The summed E-state index contributed by atoms with van der Waals surface area (Å²) in [6.45, 7) is 3.86. The highest BCUT2D eigenvalue weighted by Gasteiger charge is 2.38. The van der Waals surface area contributed by atoms with E-state index in [2.05, 4.69) is 0 Å². The number of carbonyl (C=O) groups is 2. The molecule has 0 bridgehead atoms. The average molecular weight is 398 g/mol. The molecule has 7 heteroatoms. The highest BCUT2D eigenvalue weighted by Crippen LogP contribution is 2.32. The monoisotopic (exact) mass is 398 g/mol. The molecule has 2 aromatic carbocycles. The quantitative estimate of drug-likeness (QED) is 0.743. The summed E-state index contributed by atoms with van der Waals surface area (Å²) in [5, 5.41) is 0. The van der Waals surface area contributed by atoms with Crippen molar-refractivity contribution in [3.63, 3.8) is 0 Å². The van der Waals surface area contributed by atoms with Crippen LogP contribution in [-0.4, -0.2) is 36.6 Å². The molecule has 0 saturated carbocycles. The van der Waals surface area contributed by atoms with Gasteiger partial charge in [-0.15, -0.1) is 0 Å². The molecule has 2 aliphatic rings. The second kappa shape index (κ2) is 6.83. The van der Waals surface area contributed by atoms with Crippen molar-refractivity contribution in [1.82, 2.24) is 4.31 Å². The van der Waals surface area contributed by atoms with E-state index < -0.39 is 21.8 Å². The van der Waals surface area contributed by atoms with E-state index in [1.54, 1.807) is 28.6 Å². The summed E-state index contributed by atoms with van der Waals surface area (Å²) in [6.07, 6.45) is 2.71. The topological polar surface area (TPSA) is 74.8 Å². The maximum atomic E-state index is 13.1. The molecule has 0 radical (unpaired) electrons. The molecule has 28 heavy (non-hydrogen) atoms. The third kappa shape index (κ3) is 2.86. The van der Waals surface area contributed by atoms with E-state index in [-0.39, 0.29) is 17.0 Å². The van der Waals surface area contributed by atoms with Crippen LogP contribution in [-0.2, 0) is 10.0 Å². The summed E-state index contributed by atoms with van der Waals surface area (Å²) in [4.78, 5) is 26.5. The molecule has 146 valence electrons. The van der Waals surface area contributed by atoms with Gasteiger partial charge in [-0.3, -0.25) is 9.59 Å². The Labute approximate surface area is 164 Å². The first-order valence-corrected chi connectivity index (χ1v) is 10.9. The van der Waals surface area contributed by atoms with Crippen LogP contribution in [0, 0.1) is 0 Å². The number of fused-ring (bicyclic) bond motifs is 1. The SMILES string of the molecule is C[C@H]1CCC[C@H](C)N1S(=O)(=O)c1ccc(N2C(=O)c3ccccc3C2=O)cc1. The smallest absolute Gasteiger partial charge is 0.266 e. The minimum atomic E-state index is -3.64. The predicted octanol–water partition coefficient (Wildman–Crippen LogP) is 3.44. The van der Waals surface area contributed by atoms with Gasteiger partial charge in [-0.1, -0.05) is 18.6 Å². The third-order valence-corrected chi connectivity index (χ3v) is 7.72. The number of anilines is 1. The lowest BCUT2D eigenvalue weighted by atomic mass is 10.0. The van der Waals surface area contributed by atoms with Gasteiger partial charge in [-0.05, 0) is 63.1 Å². The van der Waals surface area contributed by atoms with Crippen LogP contribution >= 0.6 is 0 Å². The number of imide groups is 1. The highest BCUT2D eigenvalue weighted by atomic mass is 32.2. The number of sulfonamides is 1. The van der Waals surface area contributed by atoms with Crippen molar-refractivity contribution in [2.75, 3.05) is 4.90 Å². The zero-order valence-electron chi connectivity index (χ0n) is 15.8. The fourth-order valence-corrected chi connectivity index (χ4v) is 6.07. The van der Waals surface area contributed by atoms with Gasteiger partial charge in [0.25, 0.3) is 11.8 Å². The highest BCUT2D eigenvalue weighted by molar-refractivity contribution is 7.89. The molecule has 1 saturated heterocycles. The normalized spacial score (nSPS) is 23.1. The van der Waals surface area contributed by atoms with Crippen LogP contribution < -0.4 is 4.90 Å². The van der Waals surface area contributed by atoms with Crippen LogP contribution in [0.25, 0.3) is 0 Å². The lowest BCUT2D eigenvalue weighted by Gasteiger charge is -2.37. The molecule has 0 spiro atoms. The minimum Gasteiger partial charge on any atom is -0.268 e. The van der Waals surface area contributed by atoms with E-state index in [1.165, 1.54) is 24.3 Å². The second-order valence-corrected chi connectivity index (χ2v) is 9.29. The van der Waals surface area contributed by atoms with Crippen LogP contribution in [0.3, 0.4) is 0 Å². The minimum absolute atomic E-state index is 0.0512. The lowest BCUT2D eigenvalue weighted by molar-refractivity contribution is 0.0926. The van der Waals surface area contributed by atoms with Crippen molar-refractivity contribution >= 4 is 27.5 Å². The van der Waals surface area contributed by atoms with Gasteiger partial charge in [0, 0.05) is 12.1 Å². The maximum Gasteiger partial charge on any atom is 0.266 e. The Morgan fingerprint density at radius 2 is 1.32 bits per heavy atom. The Morgan fingerprint density at radius 3 is 1.82 bits per heavy atom. The largest absolute Gasteiger partial charge is 0.268 e. The Hall–Kier alpha value is -2.51. The van der Waals surface area contributed by atoms with Crippen LogP contribution in [0.5, 0.6) is 0 Å². The molecule has 0 unspecified atom stereocenters. The summed E-state index contributed by atoms with van der Waals surface area (Å²) in [5.41, 5.74) is 1.09. The molecule has 2 atom stereocenters. The Kier molecular flexibility index (Phi) is 4.59. The zero-order chi connectivity index (χ0) is 20.1. The van der Waals surface area contributed by atoms with Gasteiger partial charge in [-0.25, -0.2) is 13.3 Å². The molecular weight excluding hydrogens is 376 g/mol. The van der Waals surface area contributed by atoms with E-state index >= 15 is 0 Å². The fraction of sp³-hybridized carbons (Fsp3) is 0.333. The zero-order valence-corrected chi connectivity index (χ0v) is 16.6. The first-order chi connectivity index (χ1) is 13.3. The summed E-state index contributed by atoms with van der Waals surface area (Å²) >= 11 is 0. The Morgan fingerprint density at radius 1 is 0.821 bits per heavy atom. The van der Waals surface area contributed by atoms with Crippen LogP contribution in [0.15, 0.2) is 53.4 Å². The van der Waals surface area contributed by atoms with Crippen molar-refractivity contribution in [1.29, 1.82) is 0 Å². The van der Waals surface area contributed by atoms with E-state index in [4.69, 9.17) is 0 Å². The summed E-state index contributed by atoms with van der Waals surface area (Å²) in [6, 6.07) is 12.6. The van der Waals surface area contributed by atoms with E-state index in [1.807, 2.05) is 13.8 Å². The maximum absolute atomic E-state index is 13.1. The number of hydrogen-bond donors (Lipinski definition) is 0. The number of benzene rings is 2. The first kappa shape index (κ1) is 18.8. The average Bonchev–Trinajstić information content (AvgIpc) is 2.93. The fourth-order valence-electron chi connectivity index (χ4n) is 4.18. The molecule has 2 aliphatic heterocycles. The molecule has 2 heterocycles. The number of hydrogen-bond acceptors (Lipinski definition) is 4. The van der Waals surface area contributed by atoms with Crippen LogP contribution in [0.2, 0.25) is 0 Å². The summed E-state index contributed by atoms with van der Waals surface area (Å²) < 4.78 is 27.8. The third-order valence-electron chi connectivity index (χ3n) is 5.58. The van der Waals surface area contributed by atoms with E-state index in [9.17, 15) is 18.0 Å². The van der Waals surface area contributed by atoms with Crippen molar-refractivity contribution in [2.45, 2.75) is 50.1 Å². The molecule has 0 N–H and O–H groups in total. The van der Waals surface area contributed by atoms with Crippen molar-refractivity contribution in [3.8, 4) is 0 Å². The molecule has 4 rings (SSSR count). The van der Waals surface area contributed by atoms with Gasteiger partial charge in [-0.2, -0.15) is 4.31 Å². The molecular formula is C21H22N2O4S. The standard InChI is InChI=1S/C21H22N2O4S/c1-14-6-5-7-15(2)23(14)28(26,27)17-12-10-16(11-13-17)22-20(24)18-8-3-4-9-19(18)21(22)25/h3-4,8-15H,5-7H2,1-2H3/t14-,15-/m0/s1. The van der Waals surface area contributed by atoms with E-state index in [0.717, 1.165) is 24.2 Å². The molecule has 2 amide bonds. The summed E-state index contributed by atoms with van der Waals surface area (Å²) in [7, 11) is -3.64. The lowest BCUT2D eigenvalue weighted by Crippen LogP contribution is -2.47. The van der Waals surface area contributed by atoms with Gasteiger partial charge >= 0.3 is 0 Å². The van der Waals surface area contributed by atoms with Crippen molar-refractivity contribution < 1.29 is 18.0 Å². The summed E-state index contributed by atoms with van der Waals surface area (Å²) in [5.74, 6) is -0.788. The van der Waals surface area contributed by atoms with E-state index in [0.29, 0.717) is 16.8 Å². The number of nitrogens with zero attached hydrogens (tertiary/aromatic N) is 2. The van der Waals surface area contributed by atoms with Gasteiger partial charge in [0.05, 0.1) is 21.7 Å². The molecule has 6 nitrogen and oxygen atoms in total.